The van der Waals surface area contributed by atoms with E-state index in [4.69, 9.17) is 9.47 Å². The Labute approximate surface area is 311 Å². The van der Waals surface area contributed by atoms with Gasteiger partial charge in [0.1, 0.15) is 0 Å². The van der Waals surface area contributed by atoms with E-state index in [0.29, 0.717) is 6.54 Å². The van der Waals surface area contributed by atoms with Crippen LogP contribution in [-0.4, -0.2) is 56.9 Å². The number of likely N-dealkylation sites (tertiary alicyclic amines) is 1. The molecule has 0 radical (unpaired) electrons. The van der Waals surface area contributed by atoms with Crippen LogP contribution >= 0.6 is 0 Å². The Kier molecular flexibility index (Phi) is 9.42. The van der Waals surface area contributed by atoms with E-state index in [2.05, 4.69) is 63.8 Å². The molecule has 2 amide bonds. The largest absolute Gasteiger partial charge is 0.392 e. The molecule has 10 nitrogen and oxygen atoms in total. The van der Waals surface area contributed by atoms with Crippen LogP contribution in [0.2, 0.25) is 0 Å². The molecule has 6 aliphatic rings. The van der Waals surface area contributed by atoms with Gasteiger partial charge in [0.2, 0.25) is 0 Å². The number of amides is 2. The summed E-state index contributed by atoms with van der Waals surface area (Å²) >= 11 is 0. The maximum Gasteiger partial charge on any atom is 0.326 e. The fourth-order valence-corrected chi connectivity index (χ4v) is 10.9. The SMILES string of the molecule is C[C@H]1[C@@H](CN2CCC(n3c(=O)[nH]c4ccccc43)CC2)O[C@@H](c2ccc(CNC(=O)NC34CC5CC(CC(C5)C3)C4)cc2)O[C@H]1c1ccc(CO)cc1. The quantitative estimate of drug-likeness (QED) is 0.153. The van der Waals surface area contributed by atoms with Gasteiger partial charge in [0.05, 0.1) is 29.8 Å². The number of rotatable bonds is 9. The molecule has 280 valence electrons. The average molecular weight is 720 g/mol. The molecule has 53 heavy (non-hydrogen) atoms. The number of urea groups is 1. The van der Waals surface area contributed by atoms with Crippen molar-refractivity contribution in [1.82, 2.24) is 25.1 Å². The van der Waals surface area contributed by atoms with Crippen molar-refractivity contribution in [2.24, 2.45) is 23.7 Å². The molecule has 4 saturated carbocycles. The summed E-state index contributed by atoms with van der Waals surface area (Å²) in [5, 5.41) is 16.2. The minimum Gasteiger partial charge on any atom is -0.392 e. The molecule has 2 saturated heterocycles. The molecule has 4 aromatic rings. The molecule has 4 N–H and O–H groups in total. The summed E-state index contributed by atoms with van der Waals surface area (Å²) in [5.74, 6) is 2.44. The number of piperidine rings is 1. The van der Waals surface area contributed by atoms with Gasteiger partial charge in [-0.1, -0.05) is 67.6 Å². The number of aliphatic hydroxyl groups excluding tert-OH is 1. The number of hydrogen-bond donors (Lipinski definition) is 4. The van der Waals surface area contributed by atoms with Gasteiger partial charge in [0, 0.05) is 49.2 Å². The summed E-state index contributed by atoms with van der Waals surface area (Å²) in [5.41, 5.74) is 5.72. The monoisotopic (exact) mass is 719 g/mol. The number of carbonyl (C=O) groups is 1. The first-order chi connectivity index (χ1) is 25.8. The van der Waals surface area contributed by atoms with Gasteiger partial charge in [-0.25, -0.2) is 9.59 Å². The average Bonchev–Trinajstić information content (AvgIpc) is 3.50. The van der Waals surface area contributed by atoms with E-state index in [1.165, 1.54) is 19.3 Å². The Morgan fingerprint density at radius 1 is 0.868 bits per heavy atom. The van der Waals surface area contributed by atoms with Crippen LogP contribution in [0.1, 0.15) is 99.0 Å². The molecule has 4 atom stereocenters. The van der Waals surface area contributed by atoms with E-state index < -0.39 is 6.29 Å². The number of benzene rings is 3. The van der Waals surface area contributed by atoms with Crippen LogP contribution in [0.4, 0.5) is 4.79 Å². The number of aromatic amines is 1. The number of para-hydroxylation sites is 2. The van der Waals surface area contributed by atoms with Crippen LogP contribution in [0, 0.1) is 23.7 Å². The van der Waals surface area contributed by atoms with E-state index in [9.17, 15) is 14.7 Å². The lowest BCUT2D eigenvalue weighted by Gasteiger charge is -2.56. The second-order valence-corrected chi connectivity index (χ2v) is 16.9. The number of aromatic nitrogens is 2. The first-order valence-corrected chi connectivity index (χ1v) is 19.9. The van der Waals surface area contributed by atoms with E-state index in [1.807, 2.05) is 41.0 Å². The lowest BCUT2D eigenvalue weighted by atomic mass is 9.53. The highest BCUT2D eigenvalue weighted by atomic mass is 16.7. The van der Waals surface area contributed by atoms with Crippen LogP contribution in [0.15, 0.2) is 77.6 Å². The third-order valence-electron chi connectivity index (χ3n) is 13.2. The van der Waals surface area contributed by atoms with Crippen LogP contribution in [-0.2, 0) is 22.6 Å². The second kappa shape index (κ2) is 14.4. The zero-order valence-corrected chi connectivity index (χ0v) is 30.7. The Morgan fingerprint density at radius 2 is 1.51 bits per heavy atom. The second-order valence-electron chi connectivity index (χ2n) is 16.9. The normalized spacial score (nSPS) is 31.5. The van der Waals surface area contributed by atoms with Crippen molar-refractivity contribution in [3.63, 3.8) is 0 Å². The number of H-pyrrole nitrogens is 1. The van der Waals surface area contributed by atoms with Gasteiger partial charge in [0.15, 0.2) is 6.29 Å². The van der Waals surface area contributed by atoms with Crippen LogP contribution in [0.5, 0.6) is 0 Å². The highest BCUT2D eigenvalue weighted by Gasteiger charge is 2.51. The molecule has 0 unspecified atom stereocenters. The third-order valence-corrected chi connectivity index (χ3v) is 13.2. The van der Waals surface area contributed by atoms with Gasteiger partial charge < -0.3 is 35.1 Å². The highest BCUT2D eigenvalue weighted by molar-refractivity contribution is 5.75. The molecule has 3 aromatic carbocycles. The molecular formula is C43H53N5O5. The van der Waals surface area contributed by atoms with Crippen LogP contribution in [0.25, 0.3) is 11.0 Å². The van der Waals surface area contributed by atoms with Gasteiger partial charge in [0.25, 0.3) is 0 Å². The number of carbonyl (C=O) groups excluding carboxylic acids is 1. The zero-order valence-electron chi connectivity index (χ0n) is 30.7. The number of nitrogens with one attached hydrogen (secondary N) is 3. The molecule has 2 aliphatic heterocycles. The number of nitrogens with zero attached hydrogens (tertiary/aromatic N) is 2. The summed E-state index contributed by atoms with van der Waals surface area (Å²) in [7, 11) is 0. The van der Waals surface area contributed by atoms with Crippen molar-refractivity contribution in [2.45, 2.75) is 102 Å². The molecule has 4 bridgehead atoms. The third kappa shape index (κ3) is 7.07. The minimum absolute atomic E-state index is 0.00147. The van der Waals surface area contributed by atoms with Crippen LogP contribution in [0.3, 0.4) is 0 Å². The number of aliphatic hydroxyl groups is 1. The summed E-state index contributed by atoms with van der Waals surface area (Å²) in [6.45, 7) is 5.19. The standard InChI is InChI=1S/C43H53N5O5/c1-27-38(25-47-16-14-35(15-17-47)48-37-5-3-2-4-36(37)45-42(48)51)52-40(53-39(27)33-10-8-29(26-49)9-11-33)34-12-6-28(7-13-34)24-44-41(50)46-43-21-30-18-31(22-43)20-32(19-30)23-43/h2-13,27,30-32,35,38-40,49H,14-26H2,1H3,(H,45,51)(H2,44,46,50)/t27-,30?,31?,32?,38+,39+,40+,43?/m0/s1. The Hall–Kier alpha value is -3.96. The van der Waals surface area contributed by atoms with Crippen molar-refractivity contribution in [3.8, 4) is 0 Å². The molecule has 0 spiro atoms. The van der Waals surface area contributed by atoms with Crippen molar-refractivity contribution in [1.29, 1.82) is 0 Å². The van der Waals surface area contributed by atoms with Crippen molar-refractivity contribution in [2.75, 3.05) is 19.6 Å². The highest BCUT2D eigenvalue weighted by Crippen LogP contribution is 2.55. The van der Waals surface area contributed by atoms with E-state index >= 15 is 0 Å². The number of ether oxygens (including phenoxy) is 2. The van der Waals surface area contributed by atoms with E-state index in [-0.39, 0.29) is 48.0 Å². The lowest BCUT2D eigenvalue weighted by Crippen LogP contribution is -2.61. The Morgan fingerprint density at radius 3 is 2.19 bits per heavy atom. The predicted octanol–water partition coefficient (Wildman–Crippen LogP) is 6.72. The molecule has 4 aliphatic carbocycles. The number of imidazole rings is 1. The van der Waals surface area contributed by atoms with Crippen molar-refractivity contribution >= 4 is 17.1 Å². The first kappa shape index (κ1) is 34.8. The van der Waals surface area contributed by atoms with Gasteiger partial charge in [-0.2, -0.15) is 0 Å². The molecule has 10 heteroatoms. The lowest BCUT2D eigenvalue weighted by molar-refractivity contribution is -0.276. The number of hydrogen-bond acceptors (Lipinski definition) is 6. The van der Waals surface area contributed by atoms with Gasteiger partial charge in [-0.3, -0.25) is 4.57 Å². The fraction of sp³-hybridized carbons (Fsp3) is 0.535. The molecule has 6 fully saturated rings. The first-order valence-electron chi connectivity index (χ1n) is 19.9. The Bertz CT molecular complexity index is 1930. The maximum atomic E-state index is 13.1. The Balaban J connectivity index is 0.857. The summed E-state index contributed by atoms with van der Waals surface area (Å²) in [4.78, 5) is 31.5. The van der Waals surface area contributed by atoms with E-state index in [1.54, 1.807) is 0 Å². The maximum absolute atomic E-state index is 13.1. The predicted molar refractivity (Wildman–Crippen MR) is 203 cm³/mol. The summed E-state index contributed by atoms with van der Waals surface area (Å²) in [6, 6.07) is 24.3. The van der Waals surface area contributed by atoms with E-state index in [0.717, 1.165) is 103 Å². The van der Waals surface area contributed by atoms with Crippen LogP contribution < -0.4 is 16.3 Å². The molecule has 3 heterocycles. The fourth-order valence-electron chi connectivity index (χ4n) is 10.9. The number of fused-ring (bicyclic) bond motifs is 1. The smallest absolute Gasteiger partial charge is 0.326 e. The zero-order chi connectivity index (χ0) is 36.1. The van der Waals surface area contributed by atoms with Crippen molar-refractivity contribution < 1.29 is 19.4 Å². The minimum atomic E-state index is -0.553. The molecular weight excluding hydrogens is 667 g/mol. The van der Waals surface area contributed by atoms with Gasteiger partial charge in [-0.15, -0.1) is 0 Å². The van der Waals surface area contributed by atoms with Gasteiger partial charge in [-0.05, 0) is 97.9 Å². The summed E-state index contributed by atoms with van der Waals surface area (Å²) < 4.78 is 15.5. The summed E-state index contributed by atoms with van der Waals surface area (Å²) in [6.07, 6.45) is 8.44. The van der Waals surface area contributed by atoms with Gasteiger partial charge >= 0.3 is 11.7 Å². The van der Waals surface area contributed by atoms with Crippen molar-refractivity contribution in [3.05, 3.63) is 106 Å². The molecule has 10 rings (SSSR count). The topological polar surface area (TPSA) is 121 Å². The molecule has 1 aromatic heterocycles.